The number of amides is 2. The van der Waals surface area contributed by atoms with Crippen LogP contribution < -0.4 is 15.4 Å². The molecule has 6 rings (SSSR count). The van der Waals surface area contributed by atoms with Gasteiger partial charge in [-0.2, -0.15) is 0 Å². The number of hydrogen-bond donors (Lipinski definition) is 2. The van der Waals surface area contributed by atoms with Gasteiger partial charge in [0, 0.05) is 29.4 Å². The Bertz CT molecular complexity index is 927. The maximum Gasteiger partial charge on any atom is 0.414 e. The van der Waals surface area contributed by atoms with Crippen molar-refractivity contribution in [2.75, 3.05) is 0 Å². The van der Waals surface area contributed by atoms with Gasteiger partial charge < -0.3 is 19.9 Å². The van der Waals surface area contributed by atoms with Gasteiger partial charge in [-0.25, -0.2) is 9.78 Å². The van der Waals surface area contributed by atoms with Crippen molar-refractivity contribution in [2.45, 2.75) is 56.5 Å². The highest BCUT2D eigenvalue weighted by Crippen LogP contribution is 2.57. The SMILES string of the molecule is Cc1cc(C(=O)NC23CC4CC(CC(NC(=O)Oc5ccccn5)(C4)C2)C3)no1. The smallest absolute Gasteiger partial charge is 0.391 e. The van der Waals surface area contributed by atoms with E-state index in [1.807, 2.05) is 0 Å². The van der Waals surface area contributed by atoms with Crippen LogP contribution in [0.2, 0.25) is 0 Å². The van der Waals surface area contributed by atoms with Gasteiger partial charge in [0.1, 0.15) is 5.76 Å². The number of nitrogens with one attached hydrogen (secondary N) is 2. The summed E-state index contributed by atoms with van der Waals surface area (Å²) in [5.41, 5.74) is -0.384. The number of nitrogens with zero attached hydrogens (tertiary/aromatic N) is 2. The van der Waals surface area contributed by atoms with E-state index >= 15 is 0 Å². The van der Waals surface area contributed by atoms with E-state index in [9.17, 15) is 9.59 Å². The van der Waals surface area contributed by atoms with E-state index in [1.165, 1.54) is 0 Å². The van der Waals surface area contributed by atoms with Gasteiger partial charge in [0.2, 0.25) is 5.88 Å². The highest BCUT2D eigenvalue weighted by Gasteiger charge is 2.59. The molecule has 2 amide bonds. The minimum absolute atomic E-state index is 0.213. The molecule has 0 aliphatic heterocycles. The van der Waals surface area contributed by atoms with E-state index in [0.29, 0.717) is 29.7 Å². The van der Waals surface area contributed by atoms with Crippen LogP contribution in [0.25, 0.3) is 0 Å². The first-order chi connectivity index (χ1) is 13.9. The fraction of sp³-hybridized carbons (Fsp3) is 0.524. The summed E-state index contributed by atoms with van der Waals surface area (Å²) in [5.74, 6) is 1.63. The van der Waals surface area contributed by atoms with Crippen LogP contribution in [0.15, 0.2) is 35.0 Å². The quantitative estimate of drug-likeness (QED) is 0.823. The summed E-state index contributed by atoms with van der Waals surface area (Å²) >= 11 is 0. The van der Waals surface area contributed by atoms with Gasteiger partial charge in [0.15, 0.2) is 5.69 Å². The second-order valence-electron chi connectivity index (χ2n) is 8.98. The molecule has 2 heterocycles. The van der Waals surface area contributed by atoms with Crippen LogP contribution in [0.5, 0.6) is 5.88 Å². The first-order valence-corrected chi connectivity index (χ1v) is 10.1. The standard InChI is InChI=1S/C21H24N4O4/c1-13-6-16(25-29-13)18(26)23-20-8-14-7-15(9-20)11-21(10-14,12-20)24-19(27)28-17-4-2-3-5-22-17/h2-6,14-15H,7-12H2,1H3,(H,23,26)(H,24,27). The first kappa shape index (κ1) is 18.1. The Morgan fingerprint density at radius 1 is 1.14 bits per heavy atom. The number of ether oxygens (including phenoxy) is 1. The van der Waals surface area contributed by atoms with Gasteiger partial charge >= 0.3 is 6.09 Å². The predicted molar refractivity (Wildman–Crippen MR) is 102 cm³/mol. The highest BCUT2D eigenvalue weighted by molar-refractivity contribution is 5.92. The lowest BCUT2D eigenvalue weighted by atomic mass is 9.50. The molecular weight excluding hydrogens is 372 g/mol. The third-order valence-electron chi connectivity index (χ3n) is 6.50. The summed E-state index contributed by atoms with van der Waals surface area (Å²) < 4.78 is 10.4. The molecule has 152 valence electrons. The fourth-order valence-corrected chi connectivity index (χ4v) is 6.08. The van der Waals surface area contributed by atoms with Crippen molar-refractivity contribution in [3.63, 3.8) is 0 Å². The second-order valence-corrected chi connectivity index (χ2v) is 8.98. The molecule has 0 spiro atoms. The Balaban J connectivity index is 1.32. The molecule has 4 aliphatic rings. The molecule has 2 aromatic rings. The zero-order chi connectivity index (χ0) is 20.1. The van der Waals surface area contributed by atoms with Crippen molar-refractivity contribution in [3.05, 3.63) is 41.9 Å². The highest BCUT2D eigenvalue weighted by atomic mass is 16.6. The van der Waals surface area contributed by atoms with Crippen molar-refractivity contribution >= 4 is 12.0 Å². The molecule has 4 bridgehead atoms. The van der Waals surface area contributed by atoms with E-state index < -0.39 is 6.09 Å². The third-order valence-corrected chi connectivity index (χ3v) is 6.50. The number of carbonyl (C=O) groups excluding carboxylic acids is 2. The van der Waals surface area contributed by atoms with Crippen molar-refractivity contribution in [1.82, 2.24) is 20.8 Å². The van der Waals surface area contributed by atoms with Crippen molar-refractivity contribution in [1.29, 1.82) is 0 Å². The molecule has 8 nitrogen and oxygen atoms in total. The van der Waals surface area contributed by atoms with Crippen LogP contribution in [0.4, 0.5) is 4.79 Å². The van der Waals surface area contributed by atoms with Crippen molar-refractivity contribution in [3.8, 4) is 5.88 Å². The second kappa shape index (κ2) is 6.57. The zero-order valence-electron chi connectivity index (χ0n) is 16.3. The summed E-state index contributed by atoms with van der Waals surface area (Å²) in [6, 6.07) is 6.85. The maximum atomic E-state index is 12.8. The molecular formula is C21H24N4O4. The largest absolute Gasteiger partial charge is 0.414 e. The minimum atomic E-state index is -0.487. The Kier molecular flexibility index (Phi) is 4.11. The molecule has 4 aliphatic carbocycles. The Morgan fingerprint density at radius 3 is 2.48 bits per heavy atom. The van der Waals surface area contributed by atoms with E-state index in [4.69, 9.17) is 9.26 Å². The third kappa shape index (κ3) is 3.47. The van der Waals surface area contributed by atoms with Crippen LogP contribution in [0.3, 0.4) is 0 Å². The van der Waals surface area contributed by atoms with Gasteiger partial charge in [-0.05, 0) is 63.4 Å². The molecule has 4 fully saturated rings. The summed E-state index contributed by atoms with van der Waals surface area (Å²) in [6.45, 7) is 1.76. The fourth-order valence-electron chi connectivity index (χ4n) is 6.08. The van der Waals surface area contributed by atoms with Gasteiger partial charge in [-0.15, -0.1) is 0 Å². The molecule has 0 aromatic carbocycles. The molecule has 29 heavy (non-hydrogen) atoms. The molecule has 2 atom stereocenters. The average Bonchev–Trinajstić information content (AvgIpc) is 3.07. The monoisotopic (exact) mass is 396 g/mol. The molecule has 4 saturated carbocycles. The number of hydrogen-bond acceptors (Lipinski definition) is 6. The summed E-state index contributed by atoms with van der Waals surface area (Å²) in [5, 5.41) is 10.2. The Labute approximate surface area is 168 Å². The molecule has 2 N–H and O–H groups in total. The normalized spacial score (nSPS) is 32.0. The van der Waals surface area contributed by atoms with Gasteiger partial charge in [0.25, 0.3) is 5.91 Å². The Hall–Kier alpha value is -2.90. The minimum Gasteiger partial charge on any atom is -0.391 e. The molecule has 0 saturated heterocycles. The predicted octanol–water partition coefficient (Wildman–Crippen LogP) is 2.99. The van der Waals surface area contributed by atoms with Gasteiger partial charge in [0.05, 0.1) is 0 Å². The lowest BCUT2D eigenvalue weighted by Crippen LogP contribution is -2.70. The summed E-state index contributed by atoms with van der Waals surface area (Å²) in [4.78, 5) is 29.4. The number of aryl methyl sites for hydroxylation is 1. The van der Waals surface area contributed by atoms with E-state index in [1.54, 1.807) is 37.4 Å². The number of aromatic nitrogens is 2. The van der Waals surface area contributed by atoms with Crippen LogP contribution in [0.1, 0.15) is 54.8 Å². The number of rotatable bonds is 4. The number of pyridine rings is 1. The van der Waals surface area contributed by atoms with Crippen LogP contribution in [-0.2, 0) is 0 Å². The number of carbonyl (C=O) groups is 2. The first-order valence-electron chi connectivity index (χ1n) is 10.1. The van der Waals surface area contributed by atoms with E-state index in [0.717, 1.165) is 32.1 Å². The average molecular weight is 396 g/mol. The summed E-state index contributed by atoms with van der Waals surface area (Å²) in [6.07, 6.45) is 6.66. The van der Waals surface area contributed by atoms with Crippen molar-refractivity contribution < 1.29 is 18.8 Å². The lowest BCUT2D eigenvalue weighted by molar-refractivity contribution is -0.0450. The molecule has 0 radical (unpaired) electrons. The van der Waals surface area contributed by atoms with E-state index in [-0.39, 0.29) is 22.9 Å². The zero-order valence-corrected chi connectivity index (χ0v) is 16.3. The van der Waals surface area contributed by atoms with Crippen LogP contribution in [0, 0.1) is 18.8 Å². The van der Waals surface area contributed by atoms with Gasteiger partial charge in [-0.1, -0.05) is 11.2 Å². The van der Waals surface area contributed by atoms with Crippen LogP contribution >= 0.6 is 0 Å². The molecule has 8 heteroatoms. The lowest BCUT2D eigenvalue weighted by Gasteiger charge is -2.61. The maximum absolute atomic E-state index is 12.8. The van der Waals surface area contributed by atoms with Gasteiger partial charge in [-0.3, -0.25) is 4.79 Å². The summed E-state index contributed by atoms with van der Waals surface area (Å²) in [7, 11) is 0. The van der Waals surface area contributed by atoms with Crippen molar-refractivity contribution in [2.24, 2.45) is 11.8 Å². The molecule has 2 aromatic heterocycles. The molecule has 2 unspecified atom stereocenters. The topological polar surface area (TPSA) is 106 Å². The Morgan fingerprint density at radius 2 is 1.86 bits per heavy atom. The van der Waals surface area contributed by atoms with Crippen LogP contribution in [-0.4, -0.2) is 33.2 Å². The van der Waals surface area contributed by atoms with E-state index in [2.05, 4.69) is 20.8 Å².